The van der Waals surface area contributed by atoms with E-state index in [-0.39, 0.29) is 6.61 Å². The number of benzene rings is 4. The summed E-state index contributed by atoms with van der Waals surface area (Å²) in [5.74, 6) is 4.85. The number of rotatable bonds is 5. The molecule has 1 N–H and O–H groups in total. The van der Waals surface area contributed by atoms with Gasteiger partial charge in [-0.1, -0.05) is 6.07 Å². The van der Waals surface area contributed by atoms with Crippen LogP contribution in [0.1, 0.15) is 5.56 Å². The van der Waals surface area contributed by atoms with Gasteiger partial charge in [-0.25, -0.2) is 0 Å². The van der Waals surface area contributed by atoms with Crippen molar-refractivity contribution in [2.45, 2.75) is 6.61 Å². The van der Waals surface area contributed by atoms with E-state index in [0.29, 0.717) is 34.5 Å². The fourth-order valence-corrected chi connectivity index (χ4v) is 8.07. The second kappa shape index (κ2) is 7.79. The SMILES string of the molecule is COc1ccc(N2c3ccc(CO)c4c3P3c5c(cc(OC)cc5Oc5c(OC)ccc2c53)O4)cc1. The van der Waals surface area contributed by atoms with Crippen LogP contribution < -0.4 is 44.5 Å². The summed E-state index contributed by atoms with van der Waals surface area (Å²) >= 11 is 0. The Hall–Kier alpha value is -3.93. The molecular weight excluding hydrogens is 477 g/mol. The number of hydrogen-bond acceptors (Lipinski definition) is 7. The summed E-state index contributed by atoms with van der Waals surface area (Å²) < 4.78 is 29.7. The molecule has 3 aliphatic rings. The molecule has 0 fully saturated rings. The Morgan fingerprint density at radius 1 is 0.722 bits per heavy atom. The molecule has 0 spiro atoms. The van der Waals surface area contributed by atoms with Crippen molar-refractivity contribution in [3.8, 4) is 40.2 Å². The standard InChI is InChI=1S/C28H22NO6P/c1-31-17-7-5-16(6-8-17)29-19-9-4-15(14-30)24-26(19)36-27-20(29)10-11-21(33-3)25(27)35-23-13-18(32-2)12-22(34-24)28(23)36/h4-13,30H,14H2,1-3H3. The number of hydrogen-bond donors (Lipinski definition) is 1. The number of methoxy groups -OCH3 is 3. The Balaban J connectivity index is 1.58. The molecule has 3 aliphatic heterocycles. The van der Waals surface area contributed by atoms with Gasteiger partial charge in [0, 0.05) is 31.3 Å². The molecule has 3 heterocycles. The quantitative estimate of drug-likeness (QED) is 0.336. The molecule has 0 saturated carbocycles. The lowest BCUT2D eigenvalue weighted by Gasteiger charge is -2.44. The third-order valence-corrected chi connectivity index (χ3v) is 9.46. The van der Waals surface area contributed by atoms with Gasteiger partial charge in [0.25, 0.3) is 0 Å². The highest BCUT2D eigenvalue weighted by atomic mass is 31.1. The van der Waals surface area contributed by atoms with Crippen LogP contribution in [-0.4, -0.2) is 26.4 Å². The highest BCUT2D eigenvalue weighted by Gasteiger charge is 2.46. The van der Waals surface area contributed by atoms with Gasteiger partial charge in [-0.3, -0.25) is 0 Å². The van der Waals surface area contributed by atoms with Crippen molar-refractivity contribution in [1.29, 1.82) is 0 Å². The van der Waals surface area contributed by atoms with Crippen molar-refractivity contribution in [2.24, 2.45) is 0 Å². The number of aliphatic hydroxyl groups is 1. The number of aliphatic hydroxyl groups excluding tert-OH is 1. The van der Waals surface area contributed by atoms with Gasteiger partial charge in [0.15, 0.2) is 11.5 Å². The number of nitrogens with zero attached hydrogens (tertiary/aromatic N) is 1. The second-order valence-electron chi connectivity index (χ2n) is 8.59. The average molecular weight is 499 g/mol. The molecule has 7 rings (SSSR count). The fraction of sp³-hybridized carbons (Fsp3) is 0.143. The molecule has 0 bridgehead atoms. The van der Waals surface area contributed by atoms with E-state index in [1.165, 1.54) is 0 Å². The summed E-state index contributed by atoms with van der Waals surface area (Å²) in [6.45, 7) is -0.130. The molecule has 1 unspecified atom stereocenters. The van der Waals surface area contributed by atoms with Crippen molar-refractivity contribution in [1.82, 2.24) is 0 Å². The normalized spacial score (nSPS) is 15.4. The molecule has 0 aromatic heterocycles. The third kappa shape index (κ3) is 2.75. The summed E-state index contributed by atoms with van der Waals surface area (Å²) in [7, 11) is 3.88. The molecule has 4 aromatic carbocycles. The highest BCUT2D eigenvalue weighted by Crippen LogP contribution is 2.62. The predicted octanol–water partition coefficient (Wildman–Crippen LogP) is 4.96. The van der Waals surface area contributed by atoms with Crippen molar-refractivity contribution in [3.63, 3.8) is 0 Å². The maximum Gasteiger partial charge on any atom is 0.179 e. The lowest BCUT2D eigenvalue weighted by atomic mass is 10.1. The topological polar surface area (TPSA) is 69.6 Å². The summed E-state index contributed by atoms with van der Waals surface area (Å²) in [6.07, 6.45) is 0. The van der Waals surface area contributed by atoms with Gasteiger partial charge in [-0.2, -0.15) is 0 Å². The molecule has 180 valence electrons. The first-order valence-corrected chi connectivity index (χ1v) is 12.8. The smallest absolute Gasteiger partial charge is 0.179 e. The van der Waals surface area contributed by atoms with Crippen LogP contribution in [0.3, 0.4) is 0 Å². The summed E-state index contributed by atoms with van der Waals surface area (Å²) in [5.41, 5.74) is 3.74. The van der Waals surface area contributed by atoms with Crippen LogP contribution in [0.25, 0.3) is 0 Å². The Labute approximate surface area is 209 Å². The first-order valence-electron chi connectivity index (χ1n) is 11.5. The lowest BCUT2D eigenvalue weighted by Crippen LogP contribution is -2.40. The monoisotopic (exact) mass is 499 g/mol. The molecule has 8 heteroatoms. The van der Waals surface area contributed by atoms with Gasteiger partial charge in [0.1, 0.15) is 28.7 Å². The van der Waals surface area contributed by atoms with E-state index in [1.807, 2.05) is 48.5 Å². The maximum absolute atomic E-state index is 10.2. The minimum atomic E-state index is -1.05. The first-order chi connectivity index (χ1) is 17.7. The largest absolute Gasteiger partial charge is 0.497 e. The van der Waals surface area contributed by atoms with Gasteiger partial charge in [-0.05, 0) is 42.5 Å². The average Bonchev–Trinajstić information content (AvgIpc) is 2.93. The van der Waals surface area contributed by atoms with E-state index < -0.39 is 7.92 Å². The third-order valence-electron chi connectivity index (χ3n) is 6.81. The Bertz CT molecular complexity index is 1460. The first kappa shape index (κ1) is 21.4. The molecule has 36 heavy (non-hydrogen) atoms. The Morgan fingerprint density at radius 2 is 1.36 bits per heavy atom. The summed E-state index contributed by atoms with van der Waals surface area (Å²) in [4.78, 5) is 2.21. The Morgan fingerprint density at radius 3 is 2.00 bits per heavy atom. The van der Waals surface area contributed by atoms with Gasteiger partial charge >= 0.3 is 0 Å². The van der Waals surface area contributed by atoms with Crippen LogP contribution in [0.15, 0.2) is 60.7 Å². The minimum Gasteiger partial charge on any atom is -0.497 e. The number of ether oxygens (including phenoxy) is 5. The fourth-order valence-electron chi connectivity index (χ4n) is 5.18. The van der Waals surface area contributed by atoms with Crippen LogP contribution >= 0.6 is 7.92 Å². The van der Waals surface area contributed by atoms with E-state index in [9.17, 15) is 5.11 Å². The van der Waals surface area contributed by atoms with Crippen molar-refractivity contribution in [2.75, 3.05) is 26.2 Å². The zero-order valence-electron chi connectivity index (χ0n) is 19.9. The molecule has 4 aromatic rings. The van der Waals surface area contributed by atoms with E-state index in [0.717, 1.165) is 44.3 Å². The van der Waals surface area contributed by atoms with E-state index in [2.05, 4.69) is 17.0 Å². The van der Waals surface area contributed by atoms with Crippen molar-refractivity contribution < 1.29 is 28.8 Å². The second-order valence-corrected chi connectivity index (χ2v) is 10.6. The van der Waals surface area contributed by atoms with Crippen LogP contribution in [0.5, 0.6) is 40.2 Å². The lowest BCUT2D eigenvalue weighted by molar-refractivity contribution is 0.276. The maximum atomic E-state index is 10.2. The molecule has 1 atom stereocenters. The van der Waals surface area contributed by atoms with Crippen LogP contribution in [0.4, 0.5) is 17.1 Å². The van der Waals surface area contributed by atoms with Crippen molar-refractivity contribution in [3.05, 3.63) is 66.2 Å². The molecule has 0 aliphatic carbocycles. The van der Waals surface area contributed by atoms with Gasteiger partial charge in [-0.15, -0.1) is 0 Å². The number of anilines is 3. The molecule has 7 nitrogen and oxygen atoms in total. The highest BCUT2D eigenvalue weighted by molar-refractivity contribution is 7.81. The van der Waals surface area contributed by atoms with Gasteiger partial charge in [0.05, 0.1) is 55.2 Å². The van der Waals surface area contributed by atoms with Crippen LogP contribution in [-0.2, 0) is 6.61 Å². The zero-order chi connectivity index (χ0) is 24.6. The minimum absolute atomic E-state index is 0.130. The predicted molar refractivity (Wildman–Crippen MR) is 139 cm³/mol. The van der Waals surface area contributed by atoms with E-state index in [4.69, 9.17) is 23.7 Å². The van der Waals surface area contributed by atoms with E-state index >= 15 is 0 Å². The molecule has 0 amide bonds. The summed E-state index contributed by atoms with van der Waals surface area (Å²) in [5, 5.41) is 13.3. The van der Waals surface area contributed by atoms with Crippen LogP contribution in [0.2, 0.25) is 0 Å². The zero-order valence-corrected chi connectivity index (χ0v) is 20.8. The Kier molecular flexibility index (Phi) is 4.62. The van der Waals surface area contributed by atoms with Crippen molar-refractivity contribution >= 4 is 40.9 Å². The molecule has 0 radical (unpaired) electrons. The van der Waals surface area contributed by atoms with Gasteiger partial charge < -0.3 is 33.7 Å². The van der Waals surface area contributed by atoms with E-state index in [1.54, 1.807) is 21.3 Å². The molecular formula is C28H22NO6P. The van der Waals surface area contributed by atoms with Crippen LogP contribution in [0, 0.1) is 0 Å². The van der Waals surface area contributed by atoms with Gasteiger partial charge in [0.2, 0.25) is 0 Å². The molecule has 0 saturated heterocycles. The summed E-state index contributed by atoms with van der Waals surface area (Å²) in [6, 6.07) is 19.8.